The maximum Gasteiger partial charge on any atom is 0.241 e. The van der Waals surface area contributed by atoms with Crippen molar-refractivity contribution in [2.24, 2.45) is 5.92 Å². The molecule has 0 saturated carbocycles. The number of likely N-dealkylation sites (tertiary alicyclic amines) is 1. The van der Waals surface area contributed by atoms with Crippen LogP contribution >= 0.6 is 0 Å². The Hall–Kier alpha value is -2.42. The van der Waals surface area contributed by atoms with Gasteiger partial charge >= 0.3 is 0 Å². The minimum Gasteiger partial charge on any atom is -0.496 e. The van der Waals surface area contributed by atoms with Gasteiger partial charge in [0.05, 0.1) is 18.0 Å². The largest absolute Gasteiger partial charge is 0.496 e. The highest BCUT2D eigenvalue weighted by molar-refractivity contribution is 7.89. The number of rotatable bonds is 10. The highest BCUT2D eigenvalue weighted by Gasteiger charge is 2.31. The van der Waals surface area contributed by atoms with Gasteiger partial charge in [-0.05, 0) is 57.0 Å². The number of hydrogen-bond donors (Lipinski definition) is 2. The van der Waals surface area contributed by atoms with Crippen LogP contribution in [0, 0.1) is 12.8 Å². The second kappa shape index (κ2) is 11.1. The summed E-state index contributed by atoms with van der Waals surface area (Å²) in [6.07, 6.45) is 2.23. The highest BCUT2D eigenvalue weighted by Crippen LogP contribution is 2.31. The lowest BCUT2D eigenvalue weighted by atomic mass is 10.0. The third kappa shape index (κ3) is 6.34. The van der Waals surface area contributed by atoms with Crippen LogP contribution in [-0.4, -0.2) is 52.0 Å². The number of nitrogens with zero attached hydrogens (tertiary/aromatic N) is 1. The normalized spacial score (nSPS) is 16.5. The van der Waals surface area contributed by atoms with Crippen LogP contribution < -0.4 is 14.8 Å². The maximum absolute atomic E-state index is 13.2. The number of aryl methyl sites for hydroxylation is 1. The van der Waals surface area contributed by atoms with Crippen LogP contribution in [0.15, 0.2) is 53.4 Å². The van der Waals surface area contributed by atoms with Crippen molar-refractivity contribution in [3.05, 3.63) is 59.7 Å². The van der Waals surface area contributed by atoms with Gasteiger partial charge in [0.1, 0.15) is 11.8 Å². The minimum atomic E-state index is -3.82. The Morgan fingerprint density at radius 1 is 1.06 bits per heavy atom. The van der Waals surface area contributed by atoms with Crippen LogP contribution in [0.5, 0.6) is 5.75 Å². The van der Waals surface area contributed by atoms with Crippen molar-refractivity contribution < 1.29 is 17.9 Å². The van der Waals surface area contributed by atoms with Crippen molar-refractivity contribution in [2.45, 2.75) is 50.6 Å². The van der Waals surface area contributed by atoms with Crippen LogP contribution in [0.4, 0.5) is 0 Å². The third-order valence-electron chi connectivity index (χ3n) is 6.11. The van der Waals surface area contributed by atoms with Crippen LogP contribution in [-0.2, 0) is 14.8 Å². The number of benzene rings is 2. The number of hydrogen-bond acceptors (Lipinski definition) is 5. The quantitative estimate of drug-likeness (QED) is 0.553. The highest BCUT2D eigenvalue weighted by atomic mass is 32.2. The van der Waals surface area contributed by atoms with Gasteiger partial charge in [0.2, 0.25) is 15.9 Å². The fourth-order valence-corrected chi connectivity index (χ4v) is 5.53. The molecular formula is C25H35N3O4S. The Morgan fingerprint density at radius 3 is 2.30 bits per heavy atom. The van der Waals surface area contributed by atoms with E-state index >= 15 is 0 Å². The summed E-state index contributed by atoms with van der Waals surface area (Å²) in [6, 6.07) is 13.5. The van der Waals surface area contributed by atoms with Crippen molar-refractivity contribution in [3.8, 4) is 5.75 Å². The number of para-hydroxylation sites is 1. The van der Waals surface area contributed by atoms with Crippen LogP contribution in [0.25, 0.3) is 0 Å². The number of carbonyl (C=O) groups is 1. The molecule has 180 valence electrons. The molecule has 1 aliphatic rings. The smallest absolute Gasteiger partial charge is 0.241 e. The zero-order valence-corrected chi connectivity index (χ0v) is 20.7. The van der Waals surface area contributed by atoms with E-state index in [-0.39, 0.29) is 22.8 Å². The van der Waals surface area contributed by atoms with Crippen LogP contribution in [0.3, 0.4) is 0 Å². The second-order valence-electron chi connectivity index (χ2n) is 8.90. The van der Waals surface area contributed by atoms with Crippen molar-refractivity contribution in [3.63, 3.8) is 0 Å². The number of methoxy groups -OCH3 is 1. The molecule has 3 rings (SSSR count). The van der Waals surface area contributed by atoms with Gasteiger partial charge in [-0.25, -0.2) is 8.42 Å². The Labute approximate surface area is 197 Å². The summed E-state index contributed by atoms with van der Waals surface area (Å²) < 4.78 is 34.0. The van der Waals surface area contributed by atoms with E-state index in [1.807, 2.05) is 45.0 Å². The molecule has 0 bridgehead atoms. The maximum atomic E-state index is 13.2. The van der Waals surface area contributed by atoms with Gasteiger partial charge < -0.3 is 10.1 Å². The number of nitrogens with one attached hydrogen (secondary N) is 2. The van der Waals surface area contributed by atoms with E-state index in [9.17, 15) is 13.2 Å². The molecule has 0 aromatic heterocycles. The Bertz CT molecular complexity index is 1030. The molecule has 0 aliphatic carbocycles. The fraction of sp³-hybridized carbons (Fsp3) is 0.480. The number of ether oxygens (including phenoxy) is 1. The second-order valence-corrected chi connectivity index (χ2v) is 10.6. The van der Waals surface area contributed by atoms with E-state index in [0.717, 1.165) is 42.8 Å². The molecule has 0 spiro atoms. The molecule has 1 amide bonds. The van der Waals surface area contributed by atoms with Crippen molar-refractivity contribution in [2.75, 3.05) is 26.7 Å². The van der Waals surface area contributed by atoms with Crippen molar-refractivity contribution >= 4 is 15.9 Å². The first-order chi connectivity index (χ1) is 15.7. The first kappa shape index (κ1) is 25.2. The molecule has 2 aromatic rings. The van der Waals surface area contributed by atoms with Gasteiger partial charge in [0.25, 0.3) is 0 Å². The molecule has 2 unspecified atom stereocenters. The van der Waals surface area contributed by atoms with Crippen LogP contribution in [0.1, 0.15) is 43.9 Å². The Morgan fingerprint density at radius 2 is 1.70 bits per heavy atom. The summed E-state index contributed by atoms with van der Waals surface area (Å²) >= 11 is 0. The lowest BCUT2D eigenvalue weighted by Crippen LogP contribution is -2.51. The Balaban J connectivity index is 1.76. The zero-order chi connectivity index (χ0) is 24.0. The van der Waals surface area contributed by atoms with E-state index in [4.69, 9.17) is 4.74 Å². The monoisotopic (exact) mass is 473 g/mol. The number of amides is 1. The molecule has 2 N–H and O–H groups in total. The van der Waals surface area contributed by atoms with Crippen molar-refractivity contribution in [1.29, 1.82) is 0 Å². The SMILES string of the molecule is COc1ccccc1C(CNC(=O)C(NS(=O)(=O)c1ccc(C)cc1)C(C)C)N1CCCC1. The summed E-state index contributed by atoms with van der Waals surface area (Å²) in [4.78, 5) is 15.7. The summed E-state index contributed by atoms with van der Waals surface area (Å²) in [5, 5.41) is 3.01. The fourth-order valence-electron chi connectivity index (χ4n) is 4.18. The topological polar surface area (TPSA) is 87.7 Å². The standard InChI is InChI=1S/C25H35N3O4S/c1-18(2)24(27-33(30,31)20-13-11-19(3)12-14-20)25(29)26-17-22(28-15-7-8-16-28)21-9-5-6-10-23(21)32-4/h5-6,9-14,18,22,24,27H,7-8,15-17H2,1-4H3,(H,26,29). The minimum absolute atomic E-state index is 0.0471. The lowest BCUT2D eigenvalue weighted by Gasteiger charge is -2.30. The van der Waals surface area contributed by atoms with Gasteiger partial charge in [-0.3, -0.25) is 9.69 Å². The first-order valence-electron chi connectivity index (χ1n) is 11.5. The van der Waals surface area contributed by atoms with Gasteiger partial charge in [-0.1, -0.05) is 49.7 Å². The molecule has 0 radical (unpaired) electrons. The van der Waals surface area contributed by atoms with Crippen LogP contribution in [0.2, 0.25) is 0 Å². The molecule has 2 aromatic carbocycles. The zero-order valence-electron chi connectivity index (χ0n) is 19.9. The predicted octanol–water partition coefficient (Wildman–Crippen LogP) is 3.26. The summed E-state index contributed by atoms with van der Waals surface area (Å²) in [7, 11) is -2.18. The lowest BCUT2D eigenvalue weighted by molar-refractivity contribution is -0.123. The van der Waals surface area contributed by atoms with Crippen molar-refractivity contribution in [1.82, 2.24) is 14.9 Å². The average molecular weight is 474 g/mol. The van der Waals surface area contributed by atoms with E-state index in [2.05, 4.69) is 14.9 Å². The average Bonchev–Trinajstić information content (AvgIpc) is 3.32. The molecular weight excluding hydrogens is 438 g/mol. The summed E-state index contributed by atoms with van der Waals surface area (Å²) in [5.74, 6) is 0.227. The molecule has 33 heavy (non-hydrogen) atoms. The predicted molar refractivity (Wildman–Crippen MR) is 130 cm³/mol. The van der Waals surface area contributed by atoms with Gasteiger partial charge in [-0.2, -0.15) is 4.72 Å². The molecule has 1 heterocycles. The number of sulfonamides is 1. The summed E-state index contributed by atoms with van der Waals surface area (Å²) in [5.41, 5.74) is 1.99. The molecule has 1 saturated heterocycles. The molecule has 7 nitrogen and oxygen atoms in total. The van der Waals surface area contributed by atoms with E-state index < -0.39 is 16.1 Å². The summed E-state index contributed by atoms with van der Waals surface area (Å²) in [6.45, 7) is 7.83. The Kier molecular flexibility index (Phi) is 8.51. The molecule has 8 heteroatoms. The third-order valence-corrected chi connectivity index (χ3v) is 7.57. The molecule has 1 aliphatic heterocycles. The van der Waals surface area contributed by atoms with Gasteiger partial charge in [0.15, 0.2) is 0 Å². The van der Waals surface area contributed by atoms with E-state index in [0.29, 0.717) is 6.54 Å². The number of carbonyl (C=O) groups excluding carboxylic acids is 1. The first-order valence-corrected chi connectivity index (χ1v) is 12.9. The van der Waals surface area contributed by atoms with E-state index in [1.54, 1.807) is 31.4 Å². The van der Waals surface area contributed by atoms with Gasteiger partial charge in [0, 0.05) is 12.1 Å². The van der Waals surface area contributed by atoms with Gasteiger partial charge in [-0.15, -0.1) is 0 Å². The molecule has 2 atom stereocenters. The molecule has 1 fully saturated rings. The van der Waals surface area contributed by atoms with E-state index in [1.165, 1.54) is 0 Å².